The minimum absolute atomic E-state index is 0.209. The Kier molecular flexibility index (Phi) is 4.30. The third-order valence-electron chi connectivity index (χ3n) is 2.27. The molecule has 4 nitrogen and oxygen atoms in total. The fourth-order valence-electron chi connectivity index (χ4n) is 1.81. The number of hydrogen-bond acceptors (Lipinski definition) is 3. The van der Waals surface area contributed by atoms with Crippen LogP contribution in [0.2, 0.25) is 0 Å². The van der Waals surface area contributed by atoms with Crippen LogP contribution in [0.3, 0.4) is 0 Å². The van der Waals surface area contributed by atoms with Gasteiger partial charge in [0.1, 0.15) is 0 Å². The Labute approximate surface area is 106 Å². The topological polar surface area (TPSA) is 63.2 Å². The van der Waals surface area contributed by atoms with E-state index in [-0.39, 0.29) is 4.90 Å². The van der Waals surface area contributed by atoms with Crippen LogP contribution < -0.4 is 4.72 Å². The molecule has 0 aliphatic rings. The lowest BCUT2D eigenvalue weighted by molar-refractivity contribution is -0.110. The summed E-state index contributed by atoms with van der Waals surface area (Å²) in [6.45, 7) is 4.93. The van der Waals surface area contributed by atoms with Crippen molar-refractivity contribution in [1.82, 2.24) is 4.72 Å². The highest BCUT2D eigenvalue weighted by atomic mass is 35.5. The van der Waals surface area contributed by atoms with Crippen LogP contribution >= 0.6 is 11.6 Å². The fraction of sp³-hybridized carbons (Fsp3) is 0.364. The normalized spacial score (nSPS) is 11.5. The molecule has 0 aliphatic carbocycles. The van der Waals surface area contributed by atoms with Gasteiger partial charge in [-0.15, -0.1) is 0 Å². The third kappa shape index (κ3) is 3.52. The Morgan fingerprint density at radius 2 is 1.71 bits per heavy atom. The van der Waals surface area contributed by atoms with Gasteiger partial charge in [0.15, 0.2) is 0 Å². The third-order valence-corrected chi connectivity index (χ3v) is 4.11. The predicted octanol–water partition coefficient (Wildman–Crippen LogP) is 1.66. The molecule has 1 aromatic rings. The average Bonchev–Trinajstić information content (AvgIpc) is 2.12. The molecule has 0 fully saturated rings. The van der Waals surface area contributed by atoms with Crippen molar-refractivity contribution >= 4 is 26.9 Å². The number of benzene rings is 1. The molecule has 1 rings (SSSR count). The number of nitrogens with one attached hydrogen (secondary N) is 1. The van der Waals surface area contributed by atoms with Gasteiger partial charge in [-0.1, -0.05) is 17.7 Å². The van der Waals surface area contributed by atoms with Crippen molar-refractivity contribution in [2.45, 2.75) is 25.7 Å². The van der Waals surface area contributed by atoms with Crippen LogP contribution in [0.5, 0.6) is 0 Å². The summed E-state index contributed by atoms with van der Waals surface area (Å²) in [7, 11) is -3.69. The number of aryl methyl sites for hydroxylation is 3. The van der Waals surface area contributed by atoms with Gasteiger partial charge >= 0.3 is 0 Å². The molecule has 1 aromatic carbocycles. The predicted molar refractivity (Wildman–Crippen MR) is 66.7 cm³/mol. The first-order chi connectivity index (χ1) is 7.74. The van der Waals surface area contributed by atoms with E-state index in [9.17, 15) is 13.2 Å². The van der Waals surface area contributed by atoms with Crippen LogP contribution in [0.25, 0.3) is 0 Å². The molecule has 0 aromatic heterocycles. The quantitative estimate of drug-likeness (QED) is 0.850. The molecular formula is C11H14ClNO3S. The Hall–Kier alpha value is -0.910. The van der Waals surface area contributed by atoms with Crippen molar-refractivity contribution in [3.05, 3.63) is 28.8 Å². The zero-order valence-corrected chi connectivity index (χ0v) is 11.4. The smallest absolute Gasteiger partial charge is 0.241 e. The Bertz CT molecular complexity index is 529. The lowest BCUT2D eigenvalue weighted by Gasteiger charge is -2.12. The summed E-state index contributed by atoms with van der Waals surface area (Å²) < 4.78 is 26.1. The summed E-state index contributed by atoms with van der Waals surface area (Å²) in [6, 6.07) is 3.56. The molecule has 1 N–H and O–H groups in total. The molecule has 6 heteroatoms. The number of sulfonamides is 1. The summed E-state index contributed by atoms with van der Waals surface area (Å²) >= 11 is 5.11. The molecule has 0 radical (unpaired) electrons. The van der Waals surface area contributed by atoms with E-state index in [1.807, 2.05) is 6.92 Å². The highest BCUT2D eigenvalue weighted by molar-refractivity contribution is 7.89. The maximum absolute atomic E-state index is 12.0. The van der Waals surface area contributed by atoms with Gasteiger partial charge in [0.25, 0.3) is 0 Å². The highest BCUT2D eigenvalue weighted by Gasteiger charge is 2.20. The van der Waals surface area contributed by atoms with Crippen molar-refractivity contribution in [2.24, 2.45) is 0 Å². The zero-order valence-electron chi connectivity index (χ0n) is 9.87. The van der Waals surface area contributed by atoms with E-state index < -0.39 is 21.8 Å². The van der Waals surface area contributed by atoms with Crippen molar-refractivity contribution in [3.8, 4) is 0 Å². The van der Waals surface area contributed by atoms with Crippen molar-refractivity contribution in [2.75, 3.05) is 6.54 Å². The number of halogens is 1. The van der Waals surface area contributed by atoms with E-state index in [1.54, 1.807) is 26.0 Å². The molecule has 0 amide bonds. The van der Waals surface area contributed by atoms with Gasteiger partial charge in [0.2, 0.25) is 15.3 Å². The maximum atomic E-state index is 12.0. The standard InChI is InChI=1S/C11H14ClNO3S/c1-7-4-8(2)11(9(3)5-7)17(15,16)13-6-10(12)14/h4-5,13H,6H2,1-3H3. The number of rotatable bonds is 4. The molecule has 17 heavy (non-hydrogen) atoms. The van der Waals surface area contributed by atoms with Crippen molar-refractivity contribution in [1.29, 1.82) is 0 Å². The van der Waals surface area contributed by atoms with Crippen LogP contribution in [-0.4, -0.2) is 20.2 Å². The molecule has 94 valence electrons. The average molecular weight is 276 g/mol. The minimum atomic E-state index is -3.69. The van der Waals surface area contributed by atoms with E-state index in [0.29, 0.717) is 11.1 Å². The number of carbonyl (C=O) groups is 1. The van der Waals surface area contributed by atoms with Crippen LogP contribution in [0, 0.1) is 20.8 Å². The second-order valence-electron chi connectivity index (χ2n) is 3.91. The minimum Gasteiger partial charge on any atom is -0.280 e. The lowest BCUT2D eigenvalue weighted by atomic mass is 10.1. The molecular weight excluding hydrogens is 262 g/mol. The highest BCUT2D eigenvalue weighted by Crippen LogP contribution is 2.21. The monoisotopic (exact) mass is 275 g/mol. The number of carbonyl (C=O) groups excluding carboxylic acids is 1. The first kappa shape index (κ1) is 14.2. The Morgan fingerprint density at radius 1 is 1.24 bits per heavy atom. The molecule has 0 spiro atoms. The van der Waals surface area contributed by atoms with Gasteiger partial charge in [0.05, 0.1) is 11.4 Å². The van der Waals surface area contributed by atoms with Gasteiger partial charge in [0, 0.05) is 0 Å². The van der Waals surface area contributed by atoms with Crippen LogP contribution in [-0.2, 0) is 14.8 Å². The molecule has 0 unspecified atom stereocenters. The SMILES string of the molecule is Cc1cc(C)c(S(=O)(=O)NCC(=O)Cl)c(C)c1. The summed E-state index contributed by atoms with van der Waals surface area (Å²) in [5.74, 6) is 0. The first-order valence-electron chi connectivity index (χ1n) is 5.00. The summed E-state index contributed by atoms with van der Waals surface area (Å²) in [5.41, 5.74) is 2.29. The Morgan fingerprint density at radius 3 is 2.12 bits per heavy atom. The summed E-state index contributed by atoms with van der Waals surface area (Å²) in [5, 5.41) is -0.740. The molecule has 0 atom stereocenters. The second kappa shape index (κ2) is 5.16. The van der Waals surface area contributed by atoms with Gasteiger partial charge in [-0.2, -0.15) is 0 Å². The first-order valence-corrected chi connectivity index (χ1v) is 6.86. The zero-order chi connectivity index (χ0) is 13.2. The second-order valence-corrected chi connectivity index (χ2v) is 6.03. The van der Waals surface area contributed by atoms with Gasteiger partial charge in [-0.25, -0.2) is 13.1 Å². The summed E-state index contributed by atoms with van der Waals surface area (Å²) in [4.78, 5) is 10.8. The van der Waals surface area contributed by atoms with Gasteiger partial charge in [-0.05, 0) is 43.5 Å². The molecule has 0 bridgehead atoms. The van der Waals surface area contributed by atoms with Crippen LogP contribution in [0.15, 0.2) is 17.0 Å². The number of hydrogen-bond donors (Lipinski definition) is 1. The van der Waals surface area contributed by atoms with Crippen molar-refractivity contribution < 1.29 is 13.2 Å². The van der Waals surface area contributed by atoms with E-state index in [2.05, 4.69) is 4.72 Å². The maximum Gasteiger partial charge on any atom is 0.241 e. The van der Waals surface area contributed by atoms with E-state index in [0.717, 1.165) is 5.56 Å². The molecule has 0 saturated heterocycles. The van der Waals surface area contributed by atoms with Crippen LogP contribution in [0.1, 0.15) is 16.7 Å². The van der Waals surface area contributed by atoms with Gasteiger partial charge < -0.3 is 0 Å². The molecule has 0 saturated carbocycles. The van der Waals surface area contributed by atoms with Crippen molar-refractivity contribution in [3.63, 3.8) is 0 Å². The Balaban J connectivity index is 3.20. The lowest BCUT2D eigenvalue weighted by Crippen LogP contribution is -2.29. The van der Waals surface area contributed by atoms with Crippen LogP contribution in [0.4, 0.5) is 0 Å². The van der Waals surface area contributed by atoms with E-state index >= 15 is 0 Å². The van der Waals surface area contributed by atoms with E-state index in [4.69, 9.17) is 11.6 Å². The molecule has 0 heterocycles. The van der Waals surface area contributed by atoms with E-state index in [1.165, 1.54) is 0 Å². The fourth-order valence-corrected chi connectivity index (χ4v) is 3.39. The summed E-state index contributed by atoms with van der Waals surface area (Å²) in [6.07, 6.45) is 0. The van der Waals surface area contributed by atoms with Gasteiger partial charge in [-0.3, -0.25) is 4.79 Å². The molecule has 0 aliphatic heterocycles. The largest absolute Gasteiger partial charge is 0.280 e.